The lowest BCUT2D eigenvalue weighted by Crippen LogP contribution is -2.38. The number of nitrogens with one attached hydrogen (secondary N) is 1. The SMILES string of the molecule is O=C(N[C@H](CO)Cc1ccc(O)cc1)c1ccsc1. The van der Waals surface area contributed by atoms with E-state index < -0.39 is 0 Å². The maximum atomic E-state index is 11.9. The third kappa shape index (κ3) is 3.81. The number of carbonyl (C=O) groups excluding carboxylic acids is 1. The van der Waals surface area contributed by atoms with Crippen LogP contribution in [0.15, 0.2) is 41.1 Å². The maximum Gasteiger partial charge on any atom is 0.252 e. The fraction of sp³-hybridized carbons (Fsp3) is 0.214. The van der Waals surface area contributed by atoms with Crippen molar-refractivity contribution in [3.05, 3.63) is 52.2 Å². The van der Waals surface area contributed by atoms with Crippen LogP contribution >= 0.6 is 11.3 Å². The lowest BCUT2D eigenvalue weighted by atomic mass is 10.1. The quantitative estimate of drug-likeness (QED) is 0.780. The molecule has 1 atom stereocenters. The van der Waals surface area contributed by atoms with E-state index in [4.69, 9.17) is 0 Å². The van der Waals surface area contributed by atoms with Gasteiger partial charge in [-0.3, -0.25) is 4.79 Å². The summed E-state index contributed by atoms with van der Waals surface area (Å²) in [6.07, 6.45) is 0.520. The number of amides is 1. The summed E-state index contributed by atoms with van der Waals surface area (Å²) in [5.41, 5.74) is 1.55. The normalized spacial score (nSPS) is 12.1. The molecule has 0 unspecified atom stereocenters. The minimum Gasteiger partial charge on any atom is -0.508 e. The second-order valence-electron chi connectivity index (χ2n) is 4.24. The number of aliphatic hydroxyl groups is 1. The van der Waals surface area contributed by atoms with Gasteiger partial charge in [0.15, 0.2) is 0 Å². The van der Waals surface area contributed by atoms with Crippen LogP contribution in [0.5, 0.6) is 5.75 Å². The Bertz CT molecular complexity index is 522. The lowest BCUT2D eigenvalue weighted by molar-refractivity contribution is 0.0917. The molecule has 0 spiro atoms. The van der Waals surface area contributed by atoms with Crippen molar-refractivity contribution in [2.75, 3.05) is 6.61 Å². The molecule has 1 amide bonds. The van der Waals surface area contributed by atoms with E-state index in [0.717, 1.165) is 5.56 Å². The van der Waals surface area contributed by atoms with Crippen LogP contribution < -0.4 is 5.32 Å². The van der Waals surface area contributed by atoms with Crippen LogP contribution in [0.2, 0.25) is 0 Å². The third-order valence-electron chi connectivity index (χ3n) is 2.76. The summed E-state index contributed by atoms with van der Waals surface area (Å²) in [5, 5.41) is 24.9. The Morgan fingerprint density at radius 1 is 1.26 bits per heavy atom. The number of thiophene rings is 1. The van der Waals surface area contributed by atoms with Crippen molar-refractivity contribution in [3.8, 4) is 5.75 Å². The monoisotopic (exact) mass is 277 g/mol. The third-order valence-corrected chi connectivity index (χ3v) is 3.44. The minimum absolute atomic E-state index is 0.128. The molecule has 100 valence electrons. The summed E-state index contributed by atoms with van der Waals surface area (Å²) in [7, 11) is 0. The highest BCUT2D eigenvalue weighted by atomic mass is 32.1. The van der Waals surface area contributed by atoms with Crippen LogP contribution in [0, 0.1) is 0 Å². The largest absolute Gasteiger partial charge is 0.508 e. The van der Waals surface area contributed by atoms with Crippen LogP contribution in [0.3, 0.4) is 0 Å². The Labute approximate surface area is 115 Å². The number of aliphatic hydroxyl groups excluding tert-OH is 1. The van der Waals surface area contributed by atoms with Crippen LogP contribution in [0.4, 0.5) is 0 Å². The zero-order valence-electron chi connectivity index (χ0n) is 10.2. The van der Waals surface area contributed by atoms with Gasteiger partial charge in [0.1, 0.15) is 5.75 Å². The highest BCUT2D eigenvalue weighted by molar-refractivity contribution is 7.08. The Kier molecular flexibility index (Phi) is 4.54. The van der Waals surface area contributed by atoms with Crippen molar-refractivity contribution in [2.45, 2.75) is 12.5 Å². The first-order valence-corrected chi connectivity index (χ1v) is 6.85. The Morgan fingerprint density at radius 3 is 2.58 bits per heavy atom. The molecule has 3 N–H and O–H groups in total. The average Bonchev–Trinajstić information content (AvgIpc) is 2.94. The molecule has 1 aromatic carbocycles. The van der Waals surface area contributed by atoms with E-state index in [1.807, 2.05) is 5.38 Å². The van der Waals surface area contributed by atoms with Crippen LogP contribution in [0.1, 0.15) is 15.9 Å². The zero-order chi connectivity index (χ0) is 13.7. The number of rotatable bonds is 5. The highest BCUT2D eigenvalue weighted by Gasteiger charge is 2.13. The zero-order valence-corrected chi connectivity index (χ0v) is 11.1. The second-order valence-corrected chi connectivity index (χ2v) is 5.02. The van der Waals surface area contributed by atoms with Gasteiger partial charge in [-0.05, 0) is 35.6 Å². The molecule has 0 aliphatic carbocycles. The molecule has 0 fully saturated rings. The van der Waals surface area contributed by atoms with Gasteiger partial charge >= 0.3 is 0 Å². The maximum absolute atomic E-state index is 11.9. The molecule has 4 nitrogen and oxygen atoms in total. The highest BCUT2D eigenvalue weighted by Crippen LogP contribution is 2.12. The predicted octanol–water partition coefficient (Wildman–Crippen LogP) is 1.79. The van der Waals surface area contributed by atoms with E-state index >= 15 is 0 Å². The number of hydrogen-bond donors (Lipinski definition) is 3. The predicted molar refractivity (Wildman–Crippen MR) is 74.5 cm³/mol. The summed E-state index contributed by atoms with van der Waals surface area (Å²) in [5.74, 6) is 0.0192. The molecule has 0 bridgehead atoms. The number of carbonyl (C=O) groups is 1. The summed E-state index contributed by atoms with van der Waals surface area (Å²) < 4.78 is 0. The number of phenols is 1. The van der Waals surface area contributed by atoms with Gasteiger partial charge in [0.25, 0.3) is 5.91 Å². The van der Waals surface area contributed by atoms with Crippen molar-refractivity contribution >= 4 is 17.2 Å². The number of phenolic OH excluding ortho intramolecular Hbond substituents is 1. The summed E-state index contributed by atoms with van der Waals surface area (Å²) in [6, 6.07) is 8.13. The topological polar surface area (TPSA) is 69.6 Å². The van der Waals surface area contributed by atoms with E-state index in [9.17, 15) is 15.0 Å². The van der Waals surface area contributed by atoms with Gasteiger partial charge in [-0.25, -0.2) is 0 Å². The molecule has 0 aliphatic rings. The van der Waals surface area contributed by atoms with Crippen LogP contribution in [-0.2, 0) is 6.42 Å². The number of hydrogen-bond acceptors (Lipinski definition) is 4. The van der Waals surface area contributed by atoms with Gasteiger partial charge in [0.2, 0.25) is 0 Å². The van der Waals surface area contributed by atoms with Crippen molar-refractivity contribution in [3.63, 3.8) is 0 Å². The van der Waals surface area contributed by atoms with Gasteiger partial charge in [-0.1, -0.05) is 12.1 Å². The molecule has 2 aromatic rings. The van der Waals surface area contributed by atoms with Crippen LogP contribution in [-0.4, -0.2) is 28.8 Å². The first kappa shape index (κ1) is 13.6. The molecule has 0 saturated carbocycles. The molecule has 0 aliphatic heterocycles. The summed E-state index contributed by atoms with van der Waals surface area (Å²) in [6.45, 7) is -0.128. The molecule has 5 heteroatoms. The molecule has 1 aromatic heterocycles. The van der Waals surface area contributed by atoms with Gasteiger partial charge < -0.3 is 15.5 Å². The van der Waals surface area contributed by atoms with Crippen molar-refractivity contribution in [2.24, 2.45) is 0 Å². The standard InChI is InChI=1S/C14H15NO3S/c16-8-12(7-10-1-3-13(17)4-2-10)15-14(18)11-5-6-19-9-11/h1-6,9,12,16-17H,7-8H2,(H,15,18)/t12-/m0/s1. The Morgan fingerprint density at radius 2 is 2.00 bits per heavy atom. The van der Waals surface area contributed by atoms with Gasteiger partial charge in [-0.2, -0.15) is 11.3 Å². The van der Waals surface area contributed by atoms with E-state index in [2.05, 4.69) is 5.32 Å². The molecule has 19 heavy (non-hydrogen) atoms. The first-order valence-electron chi connectivity index (χ1n) is 5.91. The second kappa shape index (κ2) is 6.36. The number of benzene rings is 1. The lowest BCUT2D eigenvalue weighted by Gasteiger charge is -2.16. The fourth-order valence-electron chi connectivity index (χ4n) is 1.74. The minimum atomic E-state index is -0.336. The van der Waals surface area contributed by atoms with E-state index in [-0.39, 0.29) is 24.3 Å². The first-order chi connectivity index (χ1) is 9.19. The Hall–Kier alpha value is -1.85. The van der Waals surface area contributed by atoms with Crippen molar-refractivity contribution in [1.82, 2.24) is 5.32 Å². The average molecular weight is 277 g/mol. The van der Waals surface area contributed by atoms with Gasteiger partial charge in [0, 0.05) is 10.9 Å². The number of aromatic hydroxyl groups is 1. The van der Waals surface area contributed by atoms with Crippen molar-refractivity contribution in [1.29, 1.82) is 0 Å². The molecule has 0 saturated heterocycles. The van der Waals surface area contributed by atoms with E-state index in [1.54, 1.807) is 35.7 Å². The van der Waals surface area contributed by atoms with Crippen LogP contribution in [0.25, 0.3) is 0 Å². The summed E-state index contributed by atoms with van der Waals surface area (Å²) in [4.78, 5) is 11.9. The molecule has 2 rings (SSSR count). The molecule has 0 radical (unpaired) electrons. The Balaban J connectivity index is 1.97. The van der Waals surface area contributed by atoms with E-state index in [1.165, 1.54) is 11.3 Å². The molecule has 1 heterocycles. The van der Waals surface area contributed by atoms with Crippen molar-refractivity contribution < 1.29 is 15.0 Å². The van der Waals surface area contributed by atoms with E-state index in [0.29, 0.717) is 12.0 Å². The van der Waals surface area contributed by atoms with Gasteiger partial charge in [0.05, 0.1) is 12.6 Å². The smallest absolute Gasteiger partial charge is 0.252 e. The molecular formula is C14H15NO3S. The summed E-state index contributed by atoms with van der Waals surface area (Å²) >= 11 is 1.46. The molecular weight excluding hydrogens is 262 g/mol. The fourth-order valence-corrected chi connectivity index (χ4v) is 2.38. The van der Waals surface area contributed by atoms with Gasteiger partial charge in [-0.15, -0.1) is 0 Å².